The van der Waals surface area contributed by atoms with Crippen LogP contribution in [0, 0.1) is 0 Å². The zero-order valence-corrected chi connectivity index (χ0v) is 14.1. The maximum Gasteiger partial charge on any atom is 0.0745 e. The van der Waals surface area contributed by atoms with E-state index in [2.05, 4.69) is 56.4 Å². The number of anilines is 2. The van der Waals surface area contributed by atoms with Crippen molar-refractivity contribution in [2.75, 3.05) is 24.2 Å². The molecule has 0 unspecified atom stereocenters. The number of nitrogen functional groups attached to an aromatic ring is 1. The Morgan fingerprint density at radius 2 is 2.19 bits per heavy atom. The van der Waals surface area contributed by atoms with Crippen molar-refractivity contribution in [3.63, 3.8) is 0 Å². The zero-order valence-electron chi connectivity index (χ0n) is 11.7. The molecule has 2 aromatic heterocycles. The molecule has 3 nitrogen and oxygen atoms in total. The van der Waals surface area contributed by atoms with Crippen LogP contribution in [0.3, 0.4) is 0 Å². The molecule has 3 aromatic rings. The number of benzene rings is 1. The van der Waals surface area contributed by atoms with E-state index < -0.39 is 0 Å². The van der Waals surface area contributed by atoms with Crippen molar-refractivity contribution >= 4 is 49.5 Å². The highest BCUT2D eigenvalue weighted by Gasteiger charge is 2.12. The summed E-state index contributed by atoms with van der Waals surface area (Å²) < 4.78 is 1.04. The van der Waals surface area contributed by atoms with E-state index in [0.29, 0.717) is 5.69 Å². The summed E-state index contributed by atoms with van der Waals surface area (Å²) in [6.07, 6.45) is 2.76. The van der Waals surface area contributed by atoms with Crippen LogP contribution >= 0.6 is 27.3 Å². The molecule has 0 atom stereocenters. The van der Waals surface area contributed by atoms with Gasteiger partial charge in [0.1, 0.15) is 0 Å². The van der Waals surface area contributed by atoms with Crippen molar-refractivity contribution in [3.05, 3.63) is 51.3 Å². The molecule has 0 aliphatic heterocycles. The van der Waals surface area contributed by atoms with Crippen molar-refractivity contribution in [1.29, 1.82) is 0 Å². The van der Waals surface area contributed by atoms with Gasteiger partial charge in [-0.2, -0.15) is 0 Å². The summed E-state index contributed by atoms with van der Waals surface area (Å²) in [5.74, 6) is 0. The maximum absolute atomic E-state index is 6.17. The lowest BCUT2D eigenvalue weighted by atomic mass is 10.1. The van der Waals surface area contributed by atoms with Gasteiger partial charge in [-0.1, -0.05) is 22.0 Å². The van der Waals surface area contributed by atoms with Gasteiger partial charge < -0.3 is 10.6 Å². The average molecular weight is 362 g/mol. The Kier molecular flexibility index (Phi) is 4.12. The quantitative estimate of drug-likeness (QED) is 0.752. The molecule has 2 heterocycles. The largest absolute Gasteiger partial charge is 0.396 e. The standard InChI is InChI=1S/C16H16BrN3S/c1-20(7-6-12-3-2-8-21-12)16-13-9-11(17)4-5-15(13)19-10-14(16)18/h2-5,8-10H,6-7,18H2,1H3. The fourth-order valence-corrected chi connectivity index (χ4v) is 3.50. The fourth-order valence-electron chi connectivity index (χ4n) is 2.44. The van der Waals surface area contributed by atoms with E-state index in [9.17, 15) is 0 Å². The van der Waals surface area contributed by atoms with Gasteiger partial charge in [0.25, 0.3) is 0 Å². The summed E-state index contributed by atoms with van der Waals surface area (Å²) >= 11 is 5.32. The molecule has 0 fully saturated rings. The molecule has 0 aliphatic rings. The first-order valence-corrected chi connectivity index (χ1v) is 8.39. The summed E-state index contributed by atoms with van der Waals surface area (Å²) in [5, 5.41) is 3.20. The minimum atomic E-state index is 0.717. The highest BCUT2D eigenvalue weighted by Crippen LogP contribution is 2.32. The number of nitrogens with two attached hydrogens (primary N) is 1. The lowest BCUT2D eigenvalue weighted by Gasteiger charge is -2.22. The van der Waals surface area contributed by atoms with Crippen LogP contribution in [0.25, 0.3) is 10.9 Å². The lowest BCUT2D eigenvalue weighted by molar-refractivity contribution is 0.891. The predicted molar refractivity (Wildman–Crippen MR) is 95.1 cm³/mol. The Labute approximate surface area is 136 Å². The van der Waals surface area contributed by atoms with Gasteiger partial charge in [-0.3, -0.25) is 4.98 Å². The molecule has 0 saturated carbocycles. The molecule has 1 aromatic carbocycles. The van der Waals surface area contributed by atoms with Crippen molar-refractivity contribution in [2.24, 2.45) is 0 Å². The van der Waals surface area contributed by atoms with E-state index in [1.54, 1.807) is 17.5 Å². The van der Waals surface area contributed by atoms with Crippen LogP contribution in [0.5, 0.6) is 0 Å². The Morgan fingerprint density at radius 1 is 1.33 bits per heavy atom. The first-order valence-electron chi connectivity index (χ1n) is 6.72. The molecule has 108 valence electrons. The molecule has 21 heavy (non-hydrogen) atoms. The van der Waals surface area contributed by atoms with E-state index in [1.807, 2.05) is 12.1 Å². The van der Waals surface area contributed by atoms with E-state index in [4.69, 9.17) is 5.73 Å². The fraction of sp³-hybridized carbons (Fsp3) is 0.188. The third kappa shape index (κ3) is 3.04. The van der Waals surface area contributed by atoms with E-state index >= 15 is 0 Å². The van der Waals surface area contributed by atoms with Gasteiger partial charge in [-0.05, 0) is 36.1 Å². The molecule has 0 saturated heterocycles. The number of pyridine rings is 1. The highest BCUT2D eigenvalue weighted by atomic mass is 79.9. The summed E-state index contributed by atoms with van der Waals surface area (Å²) in [5.41, 5.74) is 8.90. The molecule has 0 bridgehead atoms. The Hall–Kier alpha value is -1.59. The normalized spacial score (nSPS) is 11.0. The van der Waals surface area contributed by atoms with Crippen molar-refractivity contribution < 1.29 is 0 Å². The predicted octanol–water partition coefficient (Wildman–Crippen LogP) is 4.32. The van der Waals surface area contributed by atoms with Crippen molar-refractivity contribution in [1.82, 2.24) is 4.98 Å². The summed E-state index contributed by atoms with van der Waals surface area (Å²) in [6.45, 7) is 0.927. The Balaban J connectivity index is 1.94. The van der Waals surface area contributed by atoms with Gasteiger partial charge in [-0.25, -0.2) is 0 Å². The molecule has 5 heteroatoms. The molecular weight excluding hydrogens is 346 g/mol. The van der Waals surface area contributed by atoms with Gasteiger partial charge in [-0.15, -0.1) is 11.3 Å². The lowest BCUT2D eigenvalue weighted by Crippen LogP contribution is -2.21. The molecule has 0 aliphatic carbocycles. The van der Waals surface area contributed by atoms with E-state index in [0.717, 1.165) is 34.0 Å². The second-order valence-corrected chi connectivity index (χ2v) is 6.92. The van der Waals surface area contributed by atoms with Gasteiger partial charge in [0, 0.05) is 28.3 Å². The zero-order chi connectivity index (χ0) is 14.8. The summed E-state index contributed by atoms with van der Waals surface area (Å²) in [4.78, 5) is 8.01. The smallest absolute Gasteiger partial charge is 0.0745 e. The average Bonchev–Trinajstić information content (AvgIpc) is 2.98. The van der Waals surface area contributed by atoms with Gasteiger partial charge in [0.05, 0.1) is 23.1 Å². The molecule has 0 amide bonds. The third-order valence-electron chi connectivity index (χ3n) is 3.49. The van der Waals surface area contributed by atoms with E-state index in [1.165, 1.54) is 4.88 Å². The molecule has 0 spiro atoms. The SMILES string of the molecule is CN(CCc1cccs1)c1c(N)cnc2ccc(Br)cc12. The Bertz CT molecular complexity index is 750. The number of likely N-dealkylation sites (N-methyl/N-ethyl adjacent to an activating group) is 1. The molecule has 2 N–H and O–H groups in total. The maximum atomic E-state index is 6.17. The molecule has 3 rings (SSSR count). The van der Waals surface area contributed by atoms with Crippen molar-refractivity contribution in [3.8, 4) is 0 Å². The number of hydrogen-bond acceptors (Lipinski definition) is 4. The van der Waals surface area contributed by atoms with Gasteiger partial charge in [0.15, 0.2) is 0 Å². The number of thiophene rings is 1. The highest BCUT2D eigenvalue weighted by molar-refractivity contribution is 9.10. The van der Waals surface area contributed by atoms with E-state index in [-0.39, 0.29) is 0 Å². The van der Waals surface area contributed by atoms with Crippen LogP contribution in [-0.2, 0) is 6.42 Å². The second-order valence-electron chi connectivity index (χ2n) is 4.97. The van der Waals surface area contributed by atoms with Crippen LogP contribution in [0.2, 0.25) is 0 Å². The van der Waals surface area contributed by atoms with Gasteiger partial charge >= 0.3 is 0 Å². The topological polar surface area (TPSA) is 42.1 Å². The molecule has 0 radical (unpaired) electrons. The second kappa shape index (κ2) is 6.03. The summed E-state index contributed by atoms with van der Waals surface area (Å²) in [6, 6.07) is 10.3. The number of rotatable bonds is 4. The first-order chi connectivity index (χ1) is 10.1. The van der Waals surface area contributed by atoms with Crippen LogP contribution < -0.4 is 10.6 Å². The van der Waals surface area contributed by atoms with Gasteiger partial charge in [0.2, 0.25) is 0 Å². The third-order valence-corrected chi connectivity index (χ3v) is 4.91. The van der Waals surface area contributed by atoms with Crippen molar-refractivity contribution in [2.45, 2.75) is 6.42 Å². The minimum Gasteiger partial charge on any atom is -0.396 e. The number of hydrogen-bond donors (Lipinski definition) is 1. The number of fused-ring (bicyclic) bond motifs is 1. The summed E-state index contributed by atoms with van der Waals surface area (Å²) in [7, 11) is 2.08. The number of aromatic nitrogens is 1. The number of nitrogens with zero attached hydrogens (tertiary/aromatic N) is 2. The Morgan fingerprint density at radius 3 is 2.95 bits per heavy atom. The minimum absolute atomic E-state index is 0.717. The van der Waals surface area contributed by atoms with Crippen LogP contribution in [-0.4, -0.2) is 18.6 Å². The van der Waals surface area contributed by atoms with Crippen LogP contribution in [0.1, 0.15) is 4.88 Å². The molecular formula is C16H16BrN3S. The van der Waals surface area contributed by atoms with Crippen LogP contribution in [0.15, 0.2) is 46.4 Å². The monoisotopic (exact) mass is 361 g/mol. The number of halogens is 1. The first kappa shape index (κ1) is 14.4. The van der Waals surface area contributed by atoms with Crippen LogP contribution in [0.4, 0.5) is 11.4 Å².